The molecule has 0 radical (unpaired) electrons. The Balaban J connectivity index is 1.62. The van der Waals surface area contributed by atoms with Crippen LogP contribution in [-0.2, 0) is 23.4 Å². The van der Waals surface area contributed by atoms with Crippen LogP contribution in [0.1, 0.15) is 12.0 Å². The Labute approximate surface area is 165 Å². The highest BCUT2D eigenvalue weighted by molar-refractivity contribution is 7.91. The number of benzene rings is 1. The van der Waals surface area contributed by atoms with Crippen LogP contribution in [0.15, 0.2) is 37.1 Å². The highest BCUT2D eigenvalue weighted by atomic mass is 32.2. The molecule has 1 saturated heterocycles. The van der Waals surface area contributed by atoms with E-state index >= 15 is 0 Å². The topological polar surface area (TPSA) is 73.7 Å². The summed E-state index contributed by atoms with van der Waals surface area (Å²) in [5, 5.41) is 4.65. The van der Waals surface area contributed by atoms with Crippen molar-refractivity contribution >= 4 is 9.84 Å². The molecule has 1 aromatic carbocycles. The quantitative estimate of drug-likeness (QED) is 0.687. The first-order valence-corrected chi connectivity index (χ1v) is 11.3. The monoisotopic (exact) mass is 403 g/mol. The van der Waals surface area contributed by atoms with Crippen LogP contribution in [0.2, 0.25) is 0 Å². The van der Waals surface area contributed by atoms with E-state index in [0.717, 1.165) is 28.3 Å². The SMILES string of the molecule is C=CCN(Cc1cn(C)nc1-c1ccc2c(c1)OCCO2)[C@@H]1CCS(=O)(=O)C1. The van der Waals surface area contributed by atoms with Crippen LogP contribution < -0.4 is 9.47 Å². The molecule has 0 spiro atoms. The van der Waals surface area contributed by atoms with Gasteiger partial charge in [0.25, 0.3) is 0 Å². The molecule has 0 saturated carbocycles. The zero-order valence-corrected chi connectivity index (χ0v) is 16.8. The van der Waals surface area contributed by atoms with E-state index in [1.165, 1.54) is 0 Å². The third kappa shape index (κ3) is 3.93. The molecule has 0 N–H and O–H groups in total. The van der Waals surface area contributed by atoms with Crippen LogP contribution in [0.25, 0.3) is 11.3 Å². The Bertz CT molecular complexity index is 983. The number of rotatable bonds is 6. The fourth-order valence-electron chi connectivity index (χ4n) is 3.88. The fourth-order valence-corrected chi connectivity index (χ4v) is 5.64. The summed E-state index contributed by atoms with van der Waals surface area (Å²) in [5.74, 6) is 1.94. The summed E-state index contributed by atoms with van der Waals surface area (Å²) in [5.41, 5.74) is 2.87. The van der Waals surface area contributed by atoms with E-state index in [1.54, 1.807) is 4.68 Å². The van der Waals surface area contributed by atoms with Gasteiger partial charge in [0.05, 0.1) is 17.2 Å². The zero-order valence-electron chi connectivity index (χ0n) is 16.0. The second kappa shape index (κ2) is 7.60. The van der Waals surface area contributed by atoms with Gasteiger partial charge in [-0.05, 0) is 24.6 Å². The van der Waals surface area contributed by atoms with Gasteiger partial charge in [-0.25, -0.2) is 8.42 Å². The zero-order chi connectivity index (χ0) is 19.7. The number of aromatic nitrogens is 2. The molecule has 1 fully saturated rings. The summed E-state index contributed by atoms with van der Waals surface area (Å²) in [4.78, 5) is 2.18. The van der Waals surface area contributed by atoms with E-state index in [1.807, 2.05) is 37.5 Å². The van der Waals surface area contributed by atoms with Gasteiger partial charge in [-0.3, -0.25) is 9.58 Å². The lowest BCUT2D eigenvalue weighted by Crippen LogP contribution is -2.35. The molecule has 8 heteroatoms. The number of sulfone groups is 1. The van der Waals surface area contributed by atoms with Crippen molar-refractivity contribution in [1.82, 2.24) is 14.7 Å². The van der Waals surface area contributed by atoms with Crippen LogP contribution in [-0.4, -0.2) is 60.4 Å². The third-order valence-corrected chi connectivity index (χ3v) is 6.93. The van der Waals surface area contributed by atoms with Gasteiger partial charge in [0.1, 0.15) is 13.2 Å². The van der Waals surface area contributed by atoms with Gasteiger partial charge in [0.15, 0.2) is 21.3 Å². The highest BCUT2D eigenvalue weighted by Gasteiger charge is 2.32. The lowest BCUT2D eigenvalue weighted by molar-refractivity contribution is 0.171. The van der Waals surface area contributed by atoms with Crippen LogP contribution in [0, 0.1) is 0 Å². The normalized spacial score (nSPS) is 20.4. The molecule has 3 heterocycles. The minimum Gasteiger partial charge on any atom is -0.486 e. The fraction of sp³-hybridized carbons (Fsp3) is 0.450. The Morgan fingerprint density at radius 1 is 1.32 bits per heavy atom. The van der Waals surface area contributed by atoms with Gasteiger partial charge >= 0.3 is 0 Å². The average Bonchev–Trinajstić information content (AvgIpc) is 3.22. The minimum absolute atomic E-state index is 0.0105. The van der Waals surface area contributed by atoms with Gasteiger partial charge in [0, 0.05) is 43.5 Å². The Hall–Kier alpha value is -2.32. The van der Waals surface area contributed by atoms with Gasteiger partial charge < -0.3 is 9.47 Å². The van der Waals surface area contributed by atoms with E-state index < -0.39 is 9.84 Å². The summed E-state index contributed by atoms with van der Waals surface area (Å²) < 4.78 is 37.0. The Morgan fingerprint density at radius 2 is 2.11 bits per heavy atom. The van der Waals surface area contributed by atoms with E-state index in [-0.39, 0.29) is 17.5 Å². The summed E-state index contributed by atoms with van der Waals surface area (Å²) in [6.45, 7) is 6.19. The largest absolute Gasteiger partial charge is 0.486 e. The summed E-state index contributed by atoms with van der Waals surface area (Å²) >= 11 is 0. The molecule has 0 unspecified atom stereocenters. The predicted octanol–water partition coefficient (Wildman–Crippen LogP) is 2.03. The summed E-state index contributed by atoms with van der Waals surface area (Å²) in [7, 11) is -1.05. The number of nitrogens with zero attached hydrogens (tertiary/aromatic N) is 3. The van der Waals surface area contributed by atoms with Gasteiger partial charge in [-0.2, -0.15) is 5.10 Å². The number of fused-ring (bicyclic) bond motifs is 1. The van der Waals surface area contributed by atoms with Crippen molar-refractivity contribution in [2.75, 3.05) is 31.3 Å². The molecule has 4 rings (SSSR count). The van der Waals surface area contributed by atoms with Crippen molar-refractivity contribution in [2.24, 2.45) is 7.05 Å². The molecule has 0 bridgehead atoms. The second-order valence-electron chi connectivity index (χ2n) is 7.31. The molecule has 2 aliphatic rings. The van der Waals surface area contributed by atoms with Gasteiger partial charge in [-0.15, -0.1) is 6.58 Å². The molecular weight excluding hydrogens is 378 g/mol. The maximum Gasteiger partial charge on any atom is 0.162 e. The smallest absolute Gasteiger partial charge is 0.162 e. The summed E-state index contributed by atoms with van der Waals surface area (Å²) in [6, 6.07) is 5.86. The van der Waals surface area contributed by atoms with Crippen molar-refractivity contribution in [3.8, 4) is 22.8 Å². The molecule has 7 nitrogen and oxygen atoms in total. The number of ether oxygens (including phenoxy) is 2. The van der Waals surface area contributed by atoms with Gasteiger partial charge in [0.2, 0.25) is 0 Å². The van der Waals surface area contributed by atoms with Crippen LogP contribution in [0.3, 0.4) is 0 Å². The third-order valence-electron chi connectivity index (χ3n) is 5.18. The Kier molecular flexibility index (Phi) is 5.16. The molecule has 0 amide bonds. The maximum absolute atomic E-state index is 11.9. The van der Waals surface area contributed by atoms with Crippen molar-refractivity contribution in [2.45, 2.75) is 19.0 Å². The first kappa shape index (κ1) is 19.0. The van der Waals surface area contributed by atoms with E-state index in [0.29, 0.717) is 32.7 Å². The lowest BCUT2D eigenvalue weighted by Gasteiger charge is -2.26. The van der Waals surface area contributed by atoms with Crippen molar-refractivity contribution < 1.29 is 17.9 Å². The van der Waals surface area contributed by atoms with E-state index in [2.05, 4.69) is 16.6 Å². The van der Waals surface area contributed by atoms with Gasteiger partial charge in [-0.1, -0.05) is 6.08 Å². The summed E-state index contributed by atoms with van der Waals surface area (Å²) in [6.07, 6.45) is 4.48. The first-order valence-electron chi connectivity index (χ1n) is 9.43. The average molecular weight is 404 g/mol. The molecule has 28 heavy (non-hydrogen) atoms. The molecular formula is C20H25N3O4S. The molecule has 150 valence electrons. The number of hydrogen-bond donors (Lipinski definition) is 0. The van der Waals surface area contributed by atoms with Crippen molar-refractivity contribution in [3.63, 3.8) is 0 Å². The highest BCUT2D eigenvalue weighted by Crippen LogP contribution is 2.35. The van der Waals surface area contributed by atoms with Crippen LogP contribution >= 0.6 is 0 Å². The minimum atomic E-state index is -2.95. The van der Waals surface area contributed by atoms with Crippen LogP contribution in [0.5, 0.6) is 11.5 Å². The molecule has 1 aromatic heterocycles. The predicted molar refractivity (Wildman–Crippen MR) is 107 cm³/mol. The van der Waals surface area contributed by atoms with Crippen LogP contribution in [0.4, 0.5) is 0 Å². The Morgan fingerprint density at radius 3 is 2.82 bits per heavy atom. The molecule has 2 aromatic rings. The van der Waals surface area contributed by atoms with E-state index in [4.69, 9.17) is 9.47 Å². The van der Waals surface area contributed by atoms with E-state index in [9.17, 15) is 8.42 Å². The lowest BCUT2D eigenvalue weighted by atomic mass is 10.1. The standard InChI is InChI=1S/C20H25N3O4S/c1-3-7-23(17-6-10-28(24,25)14-17)13-16-12-22(2)21-20(16)15-4-5-18-19(11-15)27-9-8-26-18/h3-5,11-12,17H,1,6-10,13-14H2,2H3/t17-/m1/s1. The van der Waals surface area contributed by atoms with Crippen molar-refractivity contribution in [3.05, 3.63) is 42.6 Å². The number of aryl methyl sites for hydroxylation is 1. The first-order chi connectivity index (χ1) is 13.4. The molecule has 1 atom stereocenters. The molecule has 0 aliphatic carbocycles. The second-order valence-corrected chi connectivity index (χ2v) is 9.54. The number of hydrogen-bond acceptors (Lipinski definition) is 6. The van der Waals surface area contributed by atoms with Crippen molar-refractivity contribution in [1.29, 1.82) is 0 Å². The maximum atomic E-state index is 11.9. The molecule has 2 aliphatic heterocycles.